The summed E-state index contributed by atoms with van der Waals surface area (Å²) < 4.78 is 29.3. The molecule has 7 heteroatoms. The third-order valence-electron chi connectivity index (χ3n) is 4.17. The van der Waals surface area contributed by atoms with Gasteiger partial charge in [-0.15, -0.1) is 0 Å². The van der Waals surface area contributed by atoms with Crippen LogP contribution in [0.25, 0.3) is 11.1 Å². The molecule has 0 aliphatic carbocycles. The van der Waals surface area contributed by atoms with Gasteiger partial charge in [-0.05, 0) is 42.8 Å². The van der Waals surface area contributed by atoms with E-state index in [0.29, 0.717) is 33.8 Å². The summed E-state index contributed by atoms with van der Waals surface area (Å²) >= 11 is 0. The number of nitrogens with one attached hydrogen (secondary N) is 1. The third-order valence-corrected chi connectivity index (χ3v) is 5.28. The van der Waals surface area contributed by atoms with E-state index < -0.39 is 9.84 Å². The number of hydrogen-bond donors (Lipinski definition) is 1. The Balaban J connectivity index is 1.92. The van der Waals surface area contributed by atoms with Crippen molar-refractivity contribution in [1.29, 1.82) is 0 Å². The van der Waals surface area contributed by atoms with Gasteiger partial charge in [0.25, 0.3) is 5.91 Å². The number of benzene rings is 2. The molecule has 0 fully saturated rings. The van der Waals surface area contributed by atoms with Crippen LogP contribution in [0.4, 0.5) is 5.69 Å². The van der Waals surface area contributed by atoms with E-state index in [4.69, 9.17) is 4.42 Å². The molecule has 3 aromatic rings. The van der Waals surface area contributed by atoms with Crippen LogP contribution in [0.3, 0.4) is 0 Å². The number of amides is 1. The number of rotatable bonds is 3. The Morgan fingerprint density at radius 2 is 1.81 bits per heavy atom. The molecule has 0 bridgehead atoms. The van der Waals surface area contributed by atoms with Crippen LogP contribution in [0.2, 0.25) is 0 Å². The third kappa shape index (κ3) is 4.03. The molecule has 2 aromatic carbocycles. The van der Waals surface area contributed by atoms with Gasteiger partial charge in [-0.2, -0.15) is 0 Å². The van der Waals surface area contributed by atoms with E-state index in [-0.39, 0.29) is 16.2 Å². The molecule has 0 saturated carbocycles. The van der Waals surface area contributed by atoms with Gasteiger partial charge in [0.15, 0.2) is 15.4 Å². The Morgan fingerprint density at radius 3 is 2.44 bits per heavy atom. The van der Waals surface area contributed by atoms with E-state index >= 15 is 0 Å². The minimum Gasteiger partial charge on any atom is -0.440 e. The molecule has 0 aliphatic heterocycles. The van der Waals surface area contributed by atoms with Gasteiger partial charge >= 0.3 is 0 Å². The van der Waals surface area contributed by atoms with Crippen molar-refractivity contribution in [3.05, 3.63) is 53.4 Å². The zero-order valence-corrected chi connectivity index (χ0v) is 16.8. The normalized spacial score (nSPS) is 12.3. The molecule has 0 radical (unpaired) electrons. The lowest BCUT2D eigenvalue weighted by Gasteiger charge is -2.11. The van der Waals surface area contributed by atoms with Crippen LogP contribution in [-0.2, 0) is 15.3 Å². The number of fused-ring (bicyclic) bond motifs is 1. The van der Waals surface area contributed by atoms with Crippen LogP contribution in [0.15, 0.2) is 45.7 Å². The number of nitrogens with zero attached hydrogens (tertiary/aromatic N) is 1. The summed E-state index contributed by atoms with van der Waals surface area (Å²) in [6.45, 7) is 7.80. The Labute approximate surface area is 158 Å². The van der Waals surface area contributed by atoms with Crippen LogP contribution >= 0.6 is 0 Å². The molecule has 1 aromatic heterocycles. The highest BCUT2D eigenvalue weighted by Gasteiger charge is 2.21. The van der Waals surface area contributed by atoms with Crippen molar-refractivity contribution in [2.24, 2.45) is 0 Å². The van der Waals surface area contributed by atoms with Gasteiger partial charge in [0.2, 0.25) is 5.89 Å². The van der Waals surface area contributed by atoms with Gasteiger partial charge in [0, 0.05) is 22.9 Å². The summed E-state index contributed by atoms with van der Waals surface area (Å²) in [5.41, 5.74) is 2.65. The zero-order chi connectivity index (χ0) is 20.0. The van der Waals surface area contributed by atoms with Gasteiger partial charge in [0.05, 0.1) is 4.90 Å². The number of sulfone groups is 1. The molecule has 1 amide bonds. The van der Waals surface area contributed by atoms with Gasteiger partial charge in [-0.1, -0.05) is 26.8 Å². The Morgan fingerprint density at radius 1 is 1.11 bits per heavy atom. The topological polar surface area (TPSA) is 89.3 Å². The van der Waals surface area contributed by atoms with E-state index in [9.17, 15) is 13.2 Å². The summed E-state index contributed by atoms with van der Waals surface area (Å²) in [6, 6.07) is 9.74. The van der Waals surface area contributed by atoms with Crippen molar-refractivity contribution in [3.8, 4) is 0 Å². The number of carbonyl (C=O) groups is 1. The van der Waals surface area contributed by atoms with Crippen LogP contribution < -0.4 is 5.32 Å². The number of oxazole rings is 1. The van der Waals surface area contributed by atoms with E-state index in [2.05, 4.69) is 10.3 Å². The summed E-state index contributed by atoms with van der Waals surface area (Å²) in [7, 11) is -3.39. The Hall–Kier alpha value is -2.67. The summed E-state index contributed by atoms with van der Waals surface area (Å²) in [5, 5.41) is 2.80. The molecule has 0 saturated heterocycles. The smallest absolute Gasteiger partial charge is 0.255 e. The molecule has 0 aliphatic rings. The fourth-order valence-electron chi connectivity index (χ4n) is 2.60. The average Bonchev–Trinajstić information content (AvgIpc) is 2.97. The first kappa shape index (κ1) is 19.1. The molecule has 0 unspecified atom stereocenters. The highest BCUT2D eigenvalue weighted by Crippen LogP contribution is 2.27. The second-order valence-corrected chi connectivity index (χ2v) is 9.67. The predicted octanol–water partition coefficient (Wildman–Crippen LogP) is 4.09. The second-order valence-electron chi connectivity index (χ2n) is 7.65. The largest absolute Gasteiger partial charge is 0.440 e. The first-order chi connectivity index (χ1) is 12.4. The molecule has 3 rings (SSSR count). The van der Waals surface area contributed by atoms with Gasteiger partial charge in [0.1, 0.15) is 5.52 Å². The van der Waals surface area contributed by atoms with E-state index in [1.165, 1.54) is 12.1 Å². The van der Waals surface area contributed by atoms with E-state index in [1.807, 2.05) is 20.8 Å². The quantitative estimate of drug-likeness (QED) is 0.732. The zero-order valence-electron chi connectivity index (χ0n) is 16.0. The Bertz CT molecular complexity index is 1140. The summed E-state index contributed by atoms with van der Waals surface area (Å²) in [5.74, 6) is 0.245. The molecule has 1 N–H and O–H groups in total. The van der Waals surface area contributed by atoms with Gasteiger partial charge < -0.3 is 9.73 Å². The van der Waals surface area contributed by atoms with Crippen LogP contribution in [0, 0.1) is 6.92 Å². The molecule has 6 nitrogen and oxygen atoms in total. The maximum absolute atomic E-state index is 12.7. The Kier molecular flexibility index (Phi) is 4.59. The molecule has 0 atom stereocenters. The number of hydrogen-bond acceptors (Lipinski definition) is 5. The lowest BCUT2D eigenvalue weighted by molar-refractivity contribution is 0.102. The monoisotopic (exact) mass is 386 g/mol. The molecule has 1 heterocycles. The maximum Gasteiger partial charge on any atom is 0.255 e. The van der Waals surface area contributed by atoms with Gasteiger partial charge in [-0.3, -0.25) is 4.79 Å². The van der Waals surface area contributed by atoms with E-state index in [0.717, 1.165) is 6.26 Å². The van der Waals surface area contributed by atoms with Crippen LogP contribution in [-0.4, -0.2) is 25.6 Å². The van der Waals surface area contributed by atoms with Crippen LogP contribution in [0.5, 0.6) is 0 Å². The first-order valence-corrected chi connectivity index (χ1v) is 10.4. The SMILES string of the molecule is Cc1ccc(S(C)(=O)=O)cc1C(=O)Nc1ccc2oc(C(C)(C)C)nc2c1. The summed E-state index contributed by atoms with van der Waals surface area (Å²) in [6.07, 6.45) is 1.12. The van der Waals surface area contributed by atoms with Crippen molar-refractivity contribution >= 4 is 32.5 Å². The number of anilines is 1. The average molecular weight is 386 g/mol. The predicted molar refractivity (Wildman–Crippen MR) is 105 cm³/mol. The molecule has 142 valence electrons. The van der Waals surface area contributed by atoms with Crippen molar-refractivity contribution in [1.82, 2.24) is 4.98 Å². The lowest BCUT2D eigenvalue weighted by Crippen LogP contribution is -2.14. The molecule has 27 heavy (non-hydrogen) atoms. The highest BCUT2D eigenvalue weighted by atomic mass is 32.2. The second kappa shape index (κ2) is 6.49. The first-order valence-electron chi connectivity index (χ1n) is 8.48. The number of aromatic nitrogens is 1. The maximum atomic E-state index is 12.7. The van der Waals surface area contributed by atoms with Crippen molar-refractivity contribution in [2.75, 3.05) is 11.6 Å². The fourth-order valence-corrected chi connectivity index (χ4v) is 3.25. The minimum absolute atomic E-state index is 0.111. The molecule has 0 spiro atoms. The summed E-state index contributed by atoms with van der Waals surface area (Å²) in [4.78, 5) is 17.3. The fraction of sp³-hybridized carbons (Fsp3) is 0.300. The number of carbonyl (C=O) groups excluding carboxylic acids is 1. The minimum atomic E-state index is -3.39. The highest BCUT2D eigenvalue weighted by molar-refractivity contribution is 7.90. The van der Waals surface area contributed by atoms with Crippen molar-refractivity contribution < 1.29 is 17.6 Å². The lowest BCUT2D eigenvalue weighted by atomic mass is 9.97. The van der Waals surface area contributed by atoms with E-state index in [1.54, 1.807) is 31.2 Å². The van der Waals surface area contributed by atoms with Crippen molar-refractivity contribution in [3.63, 3.8) is 0 Å². The standard InChI is InChI=1S/C20H22N2O4S/c1-12-6-8-14(27(5,24)25)11-15(12)18(23)21-13-7-9-17-16(10-13)22-19(26-17)20(2,3)4/h6-11H,1-5H3,(H,21,23). The number of aryl methyl sites for hydroxylation is 1. The van der Waals surface area contributed by atoms with Crippen molar-refractivity contribution in [2.45, 2.75) is 38.0 Å². The molecular formula is C20H22N2O4S. The van der Waals surface area contributed by atoms with Crippen LogP contribution in [0.1, 0.15) is 42.6 Å². The van der Waals surface area contributed by atoms with Gasteiger partial charge in [-0.25, -0.2) is 13.4 Å². The molecular weight excluding hydrogens is 364 g/mol.